The Kier molecular flexibility index (Phi) is 10.0. The third-order valence-corrected chi connectivity index (χ3v) is 6.35. The van der Waals surface area contributed by atoms with Gasteiger partial charge in [-0.3, -0.25) is 0 Å². The highest BCUT2D eigenvalue weighted by atomic mass is 79.9. The molecule has 1 heterocycles. The van der Waals surface area contributed by atoms with Crippen LogP contribution in [0.3, 0.4) is 0 Å². The van der Waals surface area contributed by atoms with E-state index in [4.69, 9.17) is 23.2 Å². The van der Waals surface area contributed by atoms with Crippen molar-refractivity contribution in [1.82, 2.24) is 4.57 Å². The van der Waals surface area contributed by atoms with Gasteiger partial charge in [-0.1, -0.05) is 82.3 Å². The zero-order valence-corrected chi connectivity index (χ0v) is 20.5. The molecule has 0 aliphatic carbocycles. The molecule has 0 aliphatic rings. The average Bonchev–Trinajstić information content (AvgIpc) is 3.00. The first-order valence-corrected chi connectivity index (χ1v) is 11.4. The van der Waals surface area contributed by atoms with E-state index < -0.39 is 0 Å². The van der Waals surface area contributed by atoms with Crippen LogP contribution in [0.15, 0.2) is 42.7 Å². The van der Waals surface area contributed by atoms with Crippen molar-refractivity contribution in [2.45, 2.75) is 71.8 Å². The highest BCUT2D eigenvalue weighted by molar-refractivity contribution is 6.40. The Labute approximate surface area is 195 Å². The molecule has 29 heavy (non-hydrogen) atoms. The van der Waals surface area contributed by atoms with E-state index in [1.807, 2.05) is 0 Å². The molecule has 0 atom stereocenters. The van der Waals surface area contributed by atoms with Crippen LogP contribution in [0.5, 0.6) is 0 Å². The molecule has 158 valence electrons. The largest absolute Gasteiger partial charge is 1.00 e. The van der Waals surface area contributed by atoms with Crippen molar-refractivity contribution in [3.63, 3.8) is 0 Å². The van der Waals surface area contributed by atoms with Gasteiger partial charge in [0.25, 0.3) is 16.6 Å². The van der Waals surface area contributed by atoms with Gasteiger partial charge < -0.3 is 17.0 Å². The highest BCUT2D eigenvalue weighted by Gasteiger charge is 2.24. The first-order valence-electron chi connectivity index (χ1n) is 10.6. The van der Waals surface area contributed by atoms with Gasteiger partial charge in [-0.05, 0) is 53.4 Å². The molecule has 0 saturated carbocycles. The summed E-state index contributed by atoms with van der Waals surface area (Å²) < 4.78 is 4.16. The summed E-state index contributed by atoms with van der Waals surface area (Å²) in [5.74, 6) is 0. The Hall–Kier alpha value is -1.03. The molecule has 2 aromatic carbocycles. The zero-order valence-electron chi connectivity index (χ0n) is 17.4. The quantitative estimate of drug-likeness (QED) is 0.287. The fourth-order valence-electron chi connectivity index (χ4n) is 3.88. The zero-order chi connectivity index (χ0) is 19.9. The minimum Gasteiger partial charge on any atom is -1.00 e. The van der Waals surface area contributed by atoms with E-state index in [1.165, 1.54) is 54.9 Å². The number of hydrogen-bond donors (Lipinski definition) is 0. The molecule has 0 unspecified atom stereocenters. The van der Waals surface area contributed by atoms with E-state index in [9.17, 15) is 0 Å². The summed E-state index contributed by atoms with van der Waals surface area (Å²) in [5.41, 5.74) is 2.42. The van der Waals surface area contributed by atoms with Gasteiger partial charge >= 0.3 is 0 Å². The van der Waals surface area contributed by atoms with Gasteiger partial charge in [-0.25, -0.2) is 4.57 Å². The van der Waals surface area contributed by atoms with Crippen molar-refractivity contribution >= 4 is 34.0 Å². The van der Waals surface area contributed by atoms with Crippen LogP contribution in [-0.2, 0) is 13.0 Å². The summed E-state index contributed by atoms with van der Waals surface area (Å²) in [6.45, 7) is 5.34. The van der Waals surface area contributed by atoms with E-state index >= 15 is 0 Å². The number of unbranched alkanes of at least 4 members (excludes halogenated alkanes) is 6. The monoisotopic (exact) mass is 496 g/mol. The van der Waals surface area contributed by atoms with Gasteiger partial charge in [0.2, 0.25) is 0 Å². The number of rotatable bonds is 10. The molecular weight excluding hydrogens is 467 g/mol. The van der Waals surface area contributed by atoms with Crippen LogP contribution in [0, 0.1) is 0 Å². The molecule has 0 spiro atoms. The number of aromatic nitrogens is 2. The van der Waals surface area contributed by atoms with Gasteiger partial charge in [0.15, 0.2) is 0 Å². The fourth-order valence-corrected chi connectivity index (χ4v) is 4.34. The maximum absolute atomic E-state index is 6.69. The molecule has 0 bridgehead atoms. The van der Waals surface area contributed by atoms with Crippen molar-refractivity contribution in [3.8, 4) is 5.69 Å². The van der Waals surface area contributed by atoms with E-state index in [0.29, 0.717) is 10.3 Å². The van der Waals surface area contributed by atoms with Crippen LogP contribution >= 0.6 is 23.2 Å². The molecule has 0 amide bonds. The summed E-state index contributed by atoms with van der Waals surface area (Å²) in [7, 11) is 0. The number of hydrogen-bond acceptors (Lipinski definition) is 0. The second-order valence-electron chi connectivity index (χ2n) is 7.53. The number of benzene rings is 2. The van der Waals surface area contributed by atoms with Crippen LogP contribution < -0.4 is 21.5 Å². The van der Waals surface area contributed by atoms with Crippen LogP contribution in [-0.4, -0.2) is 4.57 Å². The van der Waals surface area contributed by atoms with Crippen LogP contribution in [0.25, 0.3) is 16.5 Å². The molecule has 0 radical (unpaired) electrons. The summed E-state index contributed by atoms with van der Waals surface area (Å²) >= 11 is 13.3. The van der Waals surface area contributed by atoms with E-state index in [1.54, 1.807) is 0 Å². The lowest BCUT2D eigenvalue weighted by molar-refractivity contribution is -0.694. The number of aryl methyl sites for hydroxylation is 2. The van der Waals surface area contributed by atoms with Crippen LogP contribution in [0.4, 0.5) is 0 Å². The maximum atomic E-state index is 6.69. The van der Waals surface area contributed by atoms with E-state index in [0.717, 1.165) is 25.1 Å². The predicted octanol–water partition coefficient (Wildman–Crippen LogP) is 4.54. The summed E-state index contributed by atoms with van der Waals surface area (Å²) in [6.07, 6.45) is 12.0. The molecule has 0 N–H and O–H groups in total. The number of halogens is 3. The minimum atomic E-state index is 0. The lowest BCUT2D eigenvalue weighted by Crippen LogP contribution is -3.00. The van der Waals surface area contributed by atoms with Crippen LogP contribution in [0.1, 0.15) is 64.4 Å². The van der Waals surface area contributed by atoms with Gasteiger partial charge in [-0.2, -0.15) is 4.57 Å². The average molecular weight is 498 g/mol. The fraction of sp³-hybridized carbons (Fsp3) is 0.458. The Bertz CT molecular complexity index is 921. The van der Waals surface area contributed by atoms with Crippen molar-refractivity contribution in [3.05, 3.63) is 58.6 Å². The lowest BCUT2D eigenvalue weighted by Gasteiger charge is -2.09. The number of nitrogens with zero attached hydrogens (tertiary/aromatic N) is 2. The summed E-state index contributed by atoms with van der Waals surface area (Å²) in [4.78, 5) is 0. The molecule has 0 saturated heterocycles. The molecule has 0 fully saturated rings. The first kappa shape index (κ1) is 24.2. The molecule has 0 aliphatic heterocycles. The second-order valence-corrected chi connectivity index (χ2v) is 8.25. The van der Waals surface area contributed by atoms with Crippen molar-refractivity contribution in [2.24, 2.45) is 0 Å². The van der Waals surface area contributed by atoms with Crippen molar-refractivity contribution < 1.29 is 21.5 Å². The van der Waals surface area contributed by atoms with Crippen LogP contribution in [0.2, 0.25) is 10.3 Å². The Morgan fingerprint density at radius 2 is 1.55 bits per heavy atom. The second kappa shape index (κ2) is 12.0. The van der Waals surface area contributed by atoms with Gasteiger partial charge in [0.1, 0.15) is 5.69 Å². The van der Waals surface area contributed by atoms with Crippen molar-refractivity contribution in [2.75, 3.05) is 0 Å². The molecular formula is C24H31BrCl2N2. The minimum absolute atomic E-state index is 0. The number of fused-ring (bicyclic) bond motifs is 1. The Balaban J connectivity index is 0.00000300. The molecule has 5 heteroatoms. The molecule has 1 aromatic heterocycles. The standard InChI is InChI=1S/C24H31Cl2N2.BrH/c1-3-5-6-7-8-9-12-17-27-18-28(24(26)23(27)25)22-19(4-2)15-16-20-13-10-11-14-21(20)22;/h10-11,13-16,18H,3-9,12,17H2,1-2H3;1H/q+1;/p-1. The Morgan fingerprint density at radius 3 is 2.28 bits per heavy atom. The predicted molar refractivity (Wildman–Crippen MR) is 121 cm³/mol. The van der Waals surface area contributed by atoms with Gasteiger partial charge in [0.05, 0.1) is 6.54 Å². The van der Waals surface area contributed by atoms with E-state index in [2.05, 4.69) is 65.7 Å². The smallest absolute Gasteiger partial charge is 0.260 e. The van der Waals surface area contributed by atoms with Gasteiger partial charge in [-0.15, -0.1) is 0 Å². The third-order valence-electron chi connectivity index (χ3n) is 5.50. The Morgan fingerprint density at radius 1 is 0.862 bits per heavy atom. The highest BCUT2D eigenvalue weighted by Crippen LogP contribution is 2.31. The topological polar surface area (TPSA) is 8.81 Å². The van der Waals surface area contributed by atoms with Crippen molar-refractivity contribution in [1.29, 1.82) is 0 Å². The lowest BCUT2D eigenvalue weighted by atomic mass is 10.0. The van der Waals surface area contributed by atoms with E-state index in [-0.39, 0.29) is 17.0 Å². The molecule has 3 aromatic rings. The third kappa shape index (κ3) is 5.77. The molecule has 2 nitrogen and oxygen atoms in total. The first-order chi connectivity index (χ1) is 13.7. The SMILES string of the molecule is CCCCCCCCC[n+]1cn(-c2c(CC)ccc3ccccc23)c(Cl)c1Cl.[Br-]. The van der Waals surface area contributed by atoms with Gasteiger partial charge in [0, 0.05) is 5.39 Å². The summed E-state index contributed by atoms with van der Waals surface area (Å²) in [5, 5.41) is 3.64. The maximum Gasteiger partial charge on any atom is 0.260 e. The number of imidazole rings is 1. The normalized spacial score (nSPS) is 11.0. The molecule has 3 rings (SSSR count). The summed E-state index contributed by atoms with van der Waals surface area (Å²) in [6, 6.07) is 12.8.